The number of ketones is 1. The number of amides is 2. The fourth-order valence-corrected chi connectivity index (χ4v) is 5.92. The molecular formula is C35H29N5O4. The van der Waals surface area contributed by atoms with E-state index in [1.807, 2.05) is 61.9 Å². The smallest absolute Gasteiger partial charge is 0.254 e. The third-order valence-corrected chi connectivity index (χ3v) is 8.05. The zero-order valence-electron chi connectivity index (χ0n) is 24.4. The Hall–Kier alpha value is -5.41. The molecule has 0 saturated carbocycles. The summed E-state index contributed by atoms with van der Waals surface area (Å²) in [6.45, 7) is 3.57. The van der Waals surface area contributed by atoms with E-state index in [2.05, 4.69) is 11.2 Å². The number of morpholine rings is 1. The van der Waals surface area contributed by atoms with Crippen molar-refractivity contribution in [1.82, 2.24) is 19.7 Å². The molecule has 9 nitrogen and oxygen atoms in total. The average Bonchev–Trinajstić information content (AvgIpc) is 3.61. The Kier molecular flexibility index (Phi) is 6.87. The molecule has 9 heteroatoms. The van der Waals surface area contributed by atoms with Gasteiger partial charge < -0.3 is 9.64 Å². The molecule has 3 aromatic carbocycles. The third-order valence-electron chi connectivity index (χ3n) is 8.05. The van der Waals surface area contributed by atoms with Gasteiger partial charge in [-0.15, -0.1) is 0 Å². The van der Waals surface area contributed by atoms with Crippen LogP contribution in [-0.2, 0) is 16.6 Å². The van der Waals surface area contributed by atoms with Crippen LogP contribution in [0.5, 0.6) is 0 Å². The van der Waals surface area contributed by atoms with Crippen LogP contribution in [0.25, 0.3) is 39.2 Å². The molecule has 0 aliphatic carbocycles. The van der Waals surface area contributed by atoms with Gasteiger partial charge in [0.1, 0.15) is 0 Å². The summed E-state index contributed by atoms with van der Waals surface area (Å²) in [5, 5.41) is 5.13. The zero-order chi connectivity index (χ0) is 30.4. The third kappa shape index (κ3) is 4.87. The van der Waals surface area contributed by atoms with E-state index in [4.69, 9.17) is 9.72 Å². The number of allylic oxidation sites excluding steroid dienone is 1. The SMILES string of the molecule is CC(=O)N1/C(=C\c2cc(-c3cccc(-c4cnn(C)c4)c3)c3cc(C(=O)N4CCOCC4)ccc3n2)C(=O)c2ccccc21. The molecule has 2 amide bonds. The Morgan fingerprint density at radius 2 is 1.68 bits per heavy atom. The van der Waals surface area contributed by atoms with Crippen molar-refractivity contribution in [2.75, 3.05) is 31.2 Å². The first-order valence-corrected chi connectivity index (χ1v) is 14.4. The minimum Gasteiger partial charge on any atom is -0.378 e. The lowest BCUT2D eigenvalue weighted by Crippen LogP contribution is -2.40. The minimum absolute atomic E-state index is 0.0529. The summed E-state index contributed by atoms with van der Waals surface area (Å²) in [6, 6.07) is 22.6. The van der Waals surface area contributed by atoms with E-state index in [0.29, 0.717) is 54.3 Å². The molecule has 218 valence electrons. The number of carbonyl (C=O) groups is 3. The van der Waals surface area contributed by atoms with E-state index in [9.17, 15) is 14.4 Å². The van der Waals surface area contributed by atoms with E-state index in [1.165, 1.54) is 11.8 Å². The first-order valence-electron chi connectivity index (χ1n) is 14.4. The molecule has 0 N–H and O–H groups in total. The number of carbonyl (C=O) groups excluding carboxylic acids is 3. The predicted octanol–water partition coefficient (Wildman–Crippen LogP) is 5.37. The van der Waals surface area contributed by atoms with Crippen LogP contribution in [0.15, 0.2) is 90.9 Å². The molecule has 2 aliphatic heterocycles. The number of Topliss-reactive ketones (excluding diaryl/α,β-unsaturated/α-hetero) is 1. The van der Waals surface area contributed by atoms with Gasteiger partial charge in [0.2, 0.25) is 11.7 Å². The summed E-state index contributed by atoms with van der Waals surface area (Å²) in [5.41, 5.74) is 6.78. The number of aromatic nitrogens is 3. The normalized spacial score (nSPS) is 15.7. The summed E-state index contributed by atoms with van der Waals surface area (Å²) < 4.78 is 7.20. The van der Waals surface area contributed by atoms with Gasteiger partial charge in [-0.1, -0.05) is 30.3 Å². The maximum atomic E-state index is 13.5. The number of rotatable bonds is 4. The second-order valence-corrected chi connectivity index (χ2v) is 10.9. The molecule has 2 aliphatic rings. The molecule has 0 unspecified atom stereocenters. The molecule has 7 rings (SSSR count). The minimum atomic E-state index is -0.258. The van der Waals surface area contributed by atoms with E-state index in [0.717, 1.165) is 27.6 Å². The number of benzene rings is 3. The maximum Gasteiger partial charge on any atom is 0.254 e. The lowest BCUT2D eigenvalue weighted by molar-refractivity contribution is -0.116. The quantitative estimate of drug-likeness (QED) is 0.264. The summed E-state index contributed by atoms with van der Waals surface area (Å²) in [4.78, 5) is 47.7. The van der Waals surface area contributed by atoms with Gasteiger partial charge in [-0.05, 0) is 65.2 Å². The first-order chi connectivity index (χ1) is 21.4. The van der Waals surface area contributed by atoms with Crippen molar-refractivity contribution in [3.05, 3.63) is 108 Å². The van der Waals surface area contributed by atoms with Crippen LogP contribution in [-0.4, -0.2) is 63.6 Å². The van der Waals surface area contributed by atoms with Crippen LogP contribution in [0.2, 0.25) is 0 Å². The predicted molar refractivity (Wildman–Crippen MR) is 168 cm³/mol. The standard InChI is InChI=1S/C35H29N5O4/c1-22(41)40-32-9-4-3-8-28(32)34(42)33(40)19-27-18-29(24-7-5-6-23(16-24)26-20-36-38(2)21-26)30-17-25(10-11-31(30)37-27)35(43)39-12-14-44-15-13-39/h3-11,16-21H,12-15H2,1-2H3/b33-19-. The van der Waals surface area contributed by atoms with Crippen LogP contribution in [0.4, 0.5) is 5.69 Å². The number of para-hydroxylation sites is 1. The maximum absolute atomic E-state index is 13.5. The van der Waals surface area contributed by atoms with E-state index in [1.54, 1.807) is 39.9 Å². The van der Waals surface area contributed by atoms with Crippen molar-refractivity contribution < 1.29 is 19.1 Å². The highest BCUT2D eigenvalue weighted by molar-refractivity contribution is 6.26. The van der Waals surface area contributed by atoms with Crippen LogP contribution in [0, 0.1) is 0 Å². The summed E-state index contributed by atoms with van der Waals surface area (Å²) in [6.07, 6.45) is 5.45. The highest BCUT2D eigenvalue weighted by Gasteiger charge is 2.34. The van der Waals surface area contributed by atoms with Gasteiger partial charge in [-0.2, -0.15) is 5.10 Å². The van der Waals surface area contributed by atoms with Gasteiger partial charge >= 0.3 is 0 Å². The van der Waals surface area contributed by atoms with Crippen molar-refractivity contribution in [1.29, 1.82) is 0 Å². The lowest BCUT2D eigenvalue weighted by Gasteiger charge is -2.27. The molecule has 0 spiro atoms. The molecule has 1 saturated heterocycles. The number of anilines is 1. The molecule has 0 radical (unpaired) electrons. The molecule has 2 aromatic heterocycles. The van der Waals surface area contributed by atoms with Gasteiger partial charge in [0.05, 0.1) is 42.0 Å². The molecule has 0 bridgehead atoms. The number of nitrogens with zero attached hydrogens (tertiary/aromatic N) is 5. The van der Waals surface area contributed by atoms with Crippen molar-refractivity contribution in [3.63, 3.8) is 0 Å². The van der Waals surface area contributed by atoms with Gasteiger partial charge in [-0.25, -0.2) is 4.98 Å². The van der Waals surface area contributed by atoms with Crippen LogP contribution < -0.4 is 4.90 Å². The molecular weight excluding hydrogens is 554 g/mol. The molecule has 1 fully saturated rings. The highest BCUT2D eigenvalue weighted by Crippen LogP contribution is 2.37. The number of ether oxygens (including phenoxy) is 1. The largest absolute Gasteiger partial charge is 0.378 e. The van der Waals surface area contributed by atoms with Crippen LogP contribution in [0.1, 0.15) is 33.3 Å². The number of hydrogen-bond donors (Lipinski definition) is 0. The fourth-order valence-electron chi connectivity index (χ4n) is 5.92. The fraction of sp³-hybridized carbons (Fsp3) is 0.171. The van der Waals surface area contributed by atoms with E-state index in [-0.39, 0.29) is 23.3 Å². The summed E-state index contributed by atoms with van der Waals surface area (Å²) in [7, 11) is 1.88. The van der Waals surface area contributed by atoms with Crippen molar-refractivity contribution in [2.45, 2.75) is 6.92 Å². The van der Waals surface area contributed by atoms with Crippen molar-refractivity contribution >= 4 is 40.3 Å². The number of hydrogen-bond acceptors (Lipinski definition) is 6. The topological polar surface area (TPSA) is 97.6 Å². The number of pyridine rings is 1. The zero-order valence-corrected chi connectivity index (χ0v) is 24.4. The molecule has 0 atom stereocenters. The van der Waals surface area contributed by atoms with Crippen LogP contribution >= 0.6 is 0 Å². The Bertz CT molecular complexity index is 2000. The van der Waals surface area contributed by atoms with Crippen molar-refractivity contribution in [3.8, 4) is 22.3 Å². The average molecular weight is 584 g/mol. The van der Waals surface area contributed by atoms with Crippen molar-refractivity contribution in [2.24, 2.45) is 7.05 Å². The van der Waals surface area contributed by atoms with Gasteiger partial charge in [0.15, 0.2) is 0 Å². The van der Waals surface area contributed by atoms with Crippen LogP contribution in [0.3, 0.4) is 0 Å². The first kappa shape index (κ1) is 27.4. The van der Waals surface area contributed by atoms with E-state index >= 15 is 0 Å². The molecule has 44 heavy (non-hydrogen) atoms. The van der Waals surface area contributed by atoms with E-state index < -0.39 is 0 Å². The lowest BCUT2D eigenvalue weighted by atomic mass is 9.95. The van der Waals surface area contributed by atoms with Gasteiger partial charge in [0, 0.05) is 55.3 Å². The van der Waals surface area contributed by atoms with Gasteiger partial charge in [-0.3, -0.25) is 24.0 Å². The number of fused-ring (bicyclic) bond motifs is 2. The summed E-state index contributed by atoms with van der Waals surface area (Å²) >= 11 is 0. The molecule has 5 aromatic rings. The Morgan fingerprint density at radius 3 is 2.45 bits per heavy atom. The number of aryl methyl sites for hydroxylation is 1. The second-order valence-electron chi connectivity index (χ2n) is 10.9. The Balaban J connectivity index is 1.39. The second kappa shape index (κ2) is 11.0. The Morgan fingerprint density at radius 1 is 0.886 bits per heavy atom. The highest BCUT2D eigenvalue weighted by atomic mass is 16.5. The molecule has 4 heterocycles. The Labute approximate surface area is 254 Å². The van der Waals surface area contributed by atoms with Gasteiger partial charge in [0.25, 0.3) is 5.91 Å². The monoisotopic (exact) mass is 583 g/mol. The summed E-state index contributed by atoms with van der Waals surface area (Å²) in [5.74, 6) is -0.543.